The first-order valence-corrected chi connectivity index (χ1v) is 4.78. The van der Waals surface area contributed by atoms with Crippen LogP contribution in [-0.2, 0) is 6.54 Å². The predicted molar refractivity (Wildman–Crippen MR) is 56.8 cm³/mol. The highest BCUT2D eigenvalue weighted by Crippen LogP contribution is 2.10. The third-order valence-corrected chi connectivity index (χ3v) is 2.13. The van der Waals surface area contributed by atoms with Crippen LogP contribution in [0.2, 0.25) is 5.02 Å². The van der Waals surface area contributed by atoms with Crippen molar-refractivity contribution in [2.24, 2.45) is 5.73 Å². The summed E-state index contributed by atoms with van der Waals surface area (Å²) in [7, 11) is 0. The van der Waals surface area contributed by atoms with Crippen LogP contribution < -0.4 is 11.1 Å². The number of nitrogens with two attached hydrogens (primary N) is 1. The molecule has 0 aliphatic rings. The van der Waals surface area contributed by atoms with Crippen LogP contribution in [0.5, 0.6) is 0 Å². The molecular weight excluding hydrogens is 184 g/mol. The highest BCUT2D eigenvalue weighted by molar-refractivity contribution is 6.30. The minimum atomic E-state index is 0.346. The maximum absolute atomic E-state index is 5.84. The van der Waals surface area contributed by atoms with Gasteiger partial charge in [-0.05, 0) is 24.6 Å². The van der Waals surface area contributed by atoms with Crippen LogP contribution in [0, 0.1) is 0 Å². The van der Waals surface area contributed by atoms with E-state index >= 15 is 0 Å². The number of hydrogen-bond donors (Lipinski definition) is 2. The van der Waals surface area contributed by atoms with Crippen LogP contribution in [0.1, 0.15) is 12.5 Å². The fraction of sp³-hybridized carbons (Fsp3) is 0.400. The molecule has 1 atom stereocenters. The van der Waals surface area contributed by atoms with Crippen LogP contribution in [-0.4, -0.2) is 12.6 Å². The van der Waals surface area contributed by atoms with E-state index in [2.05, 4.69) is 12.2 Å². The van der Waals surface area contributed by atoms with Gasteiger partial charge in [0.15, 0.2) is 0 Å². The van der Waals surface area contributed by atoms with Gasteiger partial charge in [0.2, 0.25) is 0 Å². The van der Waals surface area contributed by atoms with Crippen LogP contribution >= 0.6 is 11.6 Å². The molecule has 0 aliphatic heterocycles. The Hall–Kier alpha value is -0.570. The minimum Gasteiger partial charge on any atom is -0.329 e. The first-order chi connectivity index (χ1) is 6.22. The molecular formula is C10H15ClN2. The third-order valence-electron chi connectivity index (χ3n) is 1.90. The molecule has 0 aromatic heterocycles. The molecule has 0 amide bonds. The molecule has 0 heterocycles. The van der Waals surface area contributed by atoms with Crippen molar-refractivity contribution in [3.63, 3.8) is 0 Å². The van der Waals surface area contributed by atoms with E-state index in [9.17, 15) is 0 Å². The zero-order valence-electron chi connectivity index (χ0n) is 7.76. The second kappa shape index (κ2) is 5.22. The summed E-state index contributed by atoms with van der Waals surface area (Å²) in [6.45, 7) is 3.53. The summed E-state index contributed by atoms with van der Waals surface area (Å²) in [6.07, 6.45) is 0. The zero-order valence-corrected chi connectivity index (χ0v) is 8.51. The number of hydrogen-bond acceptors (Lipinski definition) is 2. The summed E-state index contributed by atoms with van der Waals surface area (Å²) < 4.78 is 0. The van der Waals surface area contributed by atoms with Crippen molar-refractivity contribution in [3.05, 3.63) is 34.9 Å². The lowest BCUT2D eigenvalue weighted by Crippen LogP contribution is -2.32. The first-order valence-electron chi connectivity index (χ1n) is 4.40. The molecule has 0 radical (unpaired) electrons. The normalized spacial score (nSPS) is 12.8. The fourth-order valence-electron chi connectivity index (χ4n) is 1.02. The summed E-state index contributed by atoms with van der Waals surface area (Å²) in [5.41, 5.74) is 6.67. The summed E-state index contributed by atoms with van der Waals surface area (Å²) >= 11 is 5.84. The van der Waals surface area contributed by atoms with Crippen molar-refractivity contribution in [2.75, 3.05) is 6.54 Å². The molecule has 72 valence electrons. The van der Waals surface area contributed by atoms with Gasteiger partial charge in [0.1, 0.15) is 0 Å². The van der Waals surface area contributed by atoms with E-state index in [-0.39, 0.29) is 0 Å². The lowest BCUT2D eigenvalue weighted by Gasteiger charge is -2.10. The van der Waals surface area contributed by atoms with Gasteiger partial charge in [0.05, 0.1) is 0 Å². The lowest BCUT2D eigenvalue weighted by atomic mass is 10.2. The molecule has 3 heteroatoms. The maximum Gasteiger partial charge on any atom is 0.0409 e. The largest absolute Gasteiger partial charge is 0.329 e. The molecule has 0 saturated heterocycles. The molecule has 1 aromatic carbocycles. The average molecular weight is 199 g/mol. The van der Waals surface area contributed by atoms with E-state index in [1.54, 1.807) is 0 Å². The quantitative estimate of drug-likeness (QED) is 0.774. The minimum absolute atomic E-state index is 0.346. The second-order valence-corrected chi connectivity index (χ2v) is 3.58. The second-order valence-electron chi connectivity index (χ2n) is 3.15. The Morgan fingerprint density at radius 3 is 2.92 bits per heavy atom. The summed E-state index contributed by atoms with van der Waals surface area (Å²) in [5, 5.41) is 4.07. The Morgan fingerprint density at radius 2 is 2.31 bits per heavy atom. The number of benzene rings is 1. The summed E-state index contributed by atoms with van der Waals surface area (Å²) in [5.74, 6) is 0. The number of rotatable bonds is 4. The Kier molecular flexibility index (Phi) is 4.22. The van der Waals surface area contributed by atoms with Crippen LogP contribution in [0.15, 0.2) is 24.3 Å². The van der Waals surface area contributed by atoms with Gasteiger partial charge in [0.25, 0.3) is 0 Å². The van der Waals surface area contributed by atoms with Gasteiger partial charge in [-0.2, -0.15) is 0 Å². The smallest absolute Gasteiger partial charge is 0.0409 e. The van der Waals surface area contributed by atoms with E-state index in [4.69, 9.17) is 17.3 Å². The summed E-state index contributed by atoms with van der Waals surface area (Å²) in [6, 6.07) is 8.17. The standard InChI is InChI=1S/C10H15ClN2/c1-8(6-12)13-7-9-3-2-4-10(11)5-9/h2-5,8,13H,6-7,12H2,1H3/t8-/m1/s1. The first kappa shape index (κ1) is 10.5. The van der Waals surface area contributed by atoms with Gasteiger partial charge < -0.3 is 11.1 Å². The molecule has 13 heavy (non-hydrogen) atoms. The van der Waals surface area contributed by atoms with Crippen LogP contribution in [0.3, 0.4) is 0 Å². The molecule has 0 unspecified atom stereocenters. The van der Waals surface area contributed by atoms with Crippen molar-refractivity contribution in [1.82, 2.24) is 5.32 Å². The Balaban J connectivity index is 2.45. The van der Waals surface area contributed by atoms with Crippen LogP contribution in [0.4, 0.5) is 0 Å². The molecule has 3 N–H and O–H groups in total. The third kappa shape index (κ3) is 3.77. The summed E-state index contributed by atoms with van der Waals surface area (Å²) in [4.78, 5) is 0. The number of nitrogens with one attached hydrogen (secondary N) is 1. The van der Waals surface area contributed by atoms with Crippen molar-refractivity contribution in [2.45, 2.75) is 19.5 Å². The van der Waals surface area contributed by atoms with Gasteiger partial charge in [-0.1, -0.05) is 23.7 Å². The van der Waals surface area contributed by atoms with Gasteiger partial charge in [0, 0.05) is 24.2 Å². The van der Waals surface area contributed by atoms with E-state index in [0.29, 0.717) is 12.6 Å². The molecule has 2 nitrogen and oxygen atoms in total. The van der Waals surface area contributed by atoms with Gasteiger partial charge in [-0.25, -0.2) is 0 Å². The van der Waals surface area contributed by atoms with E-state index in [1.165, 1.54) is 5.56 Å². The monoisotopic (exact) mass is 198 g/mol. The van der Waals surface area contributed by atoms with Crippen molar-refractivity contribution < 1.29 is 0 Å². The number of halogens is 1. The topological polar surface area (TPSA) is 38.0 Å². The SMILES string of the molecule is C[C@H](CN)NCc1cccc(Cl)c1. The van der Waals surface area contributed by atoms with Crippen molar-refractivity contribution >= 4 is 11.6 Å². The van der Waals surface area contributed by atoms with Crippen molar-refractivity contribution in [3.8, 4) is 0 Å². The molecule has 0 fully saturated rings. The maximum atomic E-state index is 5.84. The Labute approximate surface area is 84.1 Å². The highest BCUT2D eigenvalue weighted by atomic mass is 35.5. The van der Waals surface area contributed by atoms with Gasteiger partial charge >= 0.3 is 0 Å². The Bertz CT molecular complexity index is 263. The van der Waals surface area contributed by atoms with E-state index in [1.807, 2.05) is 24.3 Å². The average Bonchev–Trinajstić information content (AvgIpc) is 2.14. The predicted octanol–water partition coefficient (Wildman–Crippen LogP) is 1.78. The van der Waals surface area contributed by atoms with E-state index < -0.39 is 0 Å². The lowest BCUT2D eigenvalue weighted by molar-refractivity contribution is 0.556. The van der Waals surface area contributed by atoms with Gasteiger partial charge in [-0.3, -0.25) is 0 Å². The molecule has 0 bridgehead atoms. The van der Waals surface area contributed by atoms with Crippen LogP contribution in [0.25, 0.3) is 0 Å². The highest BCUT2D eigenvalue weighted by Gasteiger charge is 1.98. The van der Waals surface area contributed by atoms with E-state index in [0.717, 1.165) is 11.6 Å². The fourth-order valence-corrected chi connectivity index (χ4v) is 1.24. The molecule has 0 aliphatic carbocycles. The molecule has 1 rings (SSSR count). The molecule has 0 spiro atoms. The Morgan fingerprint density at radius 1 is 1.54 bits per heavy atom. The molecule has 0 saturated carbocycles. The molecule has 1 aromatic rings. The van der Waals surface area contributed by atoms with Gasteiger partial charge in [-0.15, -0.1) is 0 Å². The van der Waals surface area contributed by atoms with Crippen molar-refractivity contribution in [1.29, 1.82) is 0 Å². The zero-order chi connectivity index (χ0) is 9.68.